The van der Waals surface area contributed by atoms with E-state index in [9.17, 15) is 9.59 Å². The van der Waals surface area contributed by atoms with Gasteiger partial charge >= 0.3 is 5.97 Å². The minimum atomic E-state index is -0.396. The molecule has 1 amide bonds. The highest BCUT2D eigenvalue weighted by Gasteiger charge is 2.22. The van der Waals surface area contributed by atoms with Crippen LogP contribution in [0.15, 0.2) is 34.9 Å². The third kappa shape index (κ3) is 3.42. The fourth-order valence-electron chi connectivity index (χ4n) is 2.20. The zero-order valence-corrected chi connectivity index (χ0v) is 12.3. The molecule has 5 nitrogen and oxygen atoms in total. The lowest BCUT2D eigenvalue weighted by Crippen LogP contribution is -2.37. The second-order valence-electron chi connectivity index (χ2n) is 4.68. The summed E-state index contributed by atoms with van der Waals surface area (Å²) in [6, 6.07) is 7.34. The van der Waals surface area contributed by atoms with Crippen molar-refractivity contribution in [1.29, 1.82) is 0 Å². The smallest absolute Gasteiger partial charge is 0.325 e. The average molecular weight is 289 g/mol. The molecule has 5 heteroatoms. The predicted octanol–water partition coefficient (Wildman–Crippen LogP) is 2.85. The monoisotopic (exact) mass is 289 g/mol. The molecule has 0 aliphatic carbocycles. The lowest BCUT2D eigenvalue weighted by Gasteiger charge is -2.20. The van der Waals surface area contributed by atoms with Crippen molar-refractivity contribution in [2.75, 3.05) is 19.7 Å². The molecule has 0 saturated heterocycles. The highest BCUT2D eigenvalue weighted by Crippen LogP contribution is 2.22. The van der Waals surface area contributed by atoms with Gasteiger partial charge in [0, 0.05) is 11.9 Å². The summed E-state index contributed by atoms with van der Waals surface area (Å²) in [6.07, 6.45) is 2.21. The van der Waals surface area contributed by atoms with Gasteiger partial charge in [-0.2, -0.15) is 0 Å². The molecule has 0 bridgehead atoms. The molecule has 1 aromatic carbocycles. The molecule has 0 fully saturated rings. The van der Waals surface area contributed by atoms with Crippen LogP contribution in [0.5, 0.6) is 0 Å². The van der Waals surface area contributed by atoms with Gasteiger partial charge in [0.1, 0.15) is 18.4 Å². The van der Waals surface area contributed by atoms with Crippen molar-refractivity contribution in [3.05, 3.63) is 36.1 Å². The number of para-hydroxylation sites is 1. The quantitative estimate of drug-likeness (QED) is 0.767. The molecule has 1 aromatic heterocycles. The fourth-order valence-corrected chi connectivity index (χ4v) is 2.20. The highest BCUT2D eigenvalue weighted by molar-refractivity contribution is 6.06. The molecular weight excluding hydrogens is 270 g/mol. The van der Waals surface area contributed by atoms with Crippen LogP contribution in [0, 0.1) is 0 Å². The largest absolute Gasteiger partial charge is 0.465 e. The minimum absolute atomic E-state index is 0.0416. The van der Waals surface area contributed by atoms with E-state index in [2.05, 4.69) is 0 Å². The molecule has 1 heterocycles. The van der Waals surface area contributed by atoms with Gasteiger partial charge in [0.05, 0.1) is 12.2 Å². The van der Waals surface area contributed by atoms with E-state index in [0.717, 1.165) is 11.8 Å². The van der Waals surface area contributed by atoms with E-state index in [1.807, 2.05) is 31.2 Å². The average Bonchev–Trinajstić information content (AvgIpc) is 2.90. The maximum Gasteiger partial charge on any atom is 0.325 e. The van der Waals surface area contributed by atoms with Crippen molar-refractivity contribution in [2.24, 2.45) is 0 Å². The molecule has 0 saturated carbocycles. The lowest BCUT2D eigenvalue weighted by molar-refractivity contribution is -0.143. The van der Waals surface area contributed by atoms with Gasteiger partial charge in [-0.1, -0.05) is 25.1 Å². The van der Waals surface area contributed by atoms with Crippen LogP contribution in [0.1, 0.15) is 30.6 Å². The Morgan fingerprint density at radius 1 is 1.24 bits per heavy atom. The number of ether oxygens (including phenoxy) is 1. The maximum atomic E-state index is 12.6. The van der Waals surface area contributed by atoms with Gasteiger partial charge in [0.25, 0.3) is 5.91 Å². The number of benzene rings is 1. The third-order valence-corrected chi connectivity index (χ3v) is 3.12. The normalized spacial score (nSPS) is 10.6. The molecule has 21 heavy (non-hydrogen) atoms. The molecule has 2 aromatic rings. The zero-order valence-electron chi connectivity index (χ0n) is 12.3. The first-order chi connectivity index (χ1) is 10.2. The molecule has 0 radical (unpaired) electrons. The Bertz CT molecular complexity index is 632. The number of carbonyl (C=O) groups excluding carboxylic acids is 2. The Kier molecular flexibility index (Phi) is 4.98. The summed E-state index contributed by atoms with van der Waals surface area (Å²) in [4.78, 5) is 25.7. The van der Waals surface area contributed by atoms with E-state index in [1.54, 1.807) is 6.92 Å². The van der Waals surface area contributed by atoms with Gasteiger partial charge in [-0.25, -0.2) is 0 Å². The van der Waals surface area contributed by atoms with E-state index < -0.39 is 5.97 Å². The van der Waals surface area contributed by atoms with E-state index in [0.29, 0.717) is 24.3 Å². The summed E-state index contributed by atoms with van der Waals surface area (Å²) in [6.45, 7) is 4.46. The number of rotatable bonds is 6. The van der Waals surface area contributed by atoms with Crippen LogP contribution in [-0.4, -0.2) is 36.5 Å². The van der Waals surface area contributed by atoms with Crippen LogP contribution >= 0.6 is 0 Å². The first-order valence-electron chi connectivity index (χ1n) is 7.08. The molecule has 112 valence electrons. The van der Waals surface area contributed by atoms with Crippen molar-refractivity contribution >= 4 is 22.8 Å². The molecule has 0 aliphatic rings. The van der Waals surface area contributed by atoms with Crippen LogP contribution in [0.2, 0.25) is 0 Å². The van der Waals surface area contributed by atoms with Gasteiger partial charge in [-0.3, -0.25) is 9.59 Å². The summed E-state index contributed by atoms with van der Waals surface area (Å²) in [7, 11) is 0. The Hall–Kier alpha value is -2.30. The maximum absolute atomic E-state index is 12.6. The van der Waals surface area contributed by atoms with E-state index in [4.69, 9.17) is 9.15 Å². The number of nitrogens with zero attached hydrogens (tertiary/aromatic N) is 1. The Labute approximate surface area is 123 Å². The van der Waals surface area contributed by atoms with Crippen LogP contribution < -0.4 is 0 Å². The van der Waals surface area contributed by atoms with Crippen molar-refractivity contribution in [3.8, 4) is 0 Å². The molecule has 0 spiro atoms. The van der Waals surface area contributed by atoms with E-state index in [-0.39, 0.29) is 12.5 Å². The minimum Gasteiger partial charge on any atom is -0.465 e. The summed E-state index contributed by atoms with van der Waals surface area (Å²) in [5, 5.41) is 0.757. The number of carbonyl (C=O) groups is 2. The molecule has 2 rings (SSSR count). The highest BCUT2D eigenvalue weighted by atomic mass is 16.5. The first kappa shape index (κ1) is 15.1. The molecular formula is C16H19NO4. The summed E-state index contributed by atoms with van der Waals surface area (Å²) in [5.74, 6) is -0.609. The molecule has 0 aliphatic heterocycles. The molecule has 0 atom stereocenters. The zero-order chi connectivity index (χ0) is 15.2. The summed E-state index contributed by atoms with van der Waals surface area (Å²) < 4.78 is 10.3. The second kappa shape index (κ2) is 6.92. The summed E-state index contributed by atoms with van der Waals surface area (Å²) in [5.41, 5.74) is 1.14. The van der Waals surface area contributed by atoms with Crippen molar-refractivity contribution in [2.45, 2.75) is 20.3 Å². The van der Waals surface area contributed by atoms with Gasteiger partial charge in [0.15, 0.2) is 0 Å². The van der Waals surface area contributed by atoms with Crippen molar-refractivity contribution in [3.63, 3.8) is 0 Å². The third-order valence-electron chi connectivity index (χ3n) is 3.12. The van der Waals surface area contributed by atoms with Gasteiger partial charge in [-0.05, 0) is 19.4 Å². The van der Waals surface area contributed by atoms with Gasteiger partial charge in [0.2, 0.25) is 0 Å². The van der Waals surface area contributed by atoms with Crippen molar-refractivity contribution in [1.82, 2.24) is 4.90 Å². The number of furan rings is 1. The second-order valence-corrected chi connectivity index (χ2v) is 4.68. The lowest BCUT2D eigenvalue weighted by atomic mass is 10.1. The van der Waals surface area contributed by atoms with Crippen LogP contribution in [0.4, 0.5) is 0 Å². The Morgan fingerprint density at radius 3 is 2.71 bits per heavy atom. The van der Waals surface area contributed by atoms with E-state index in [1.165, 1.54) is 11.2 Å². The summed E-state index contributed by atoms with van der Waals surface area (Å²) >= 11 is 0. The predicted molar refractivity (Wildman–Crippen MR) is 79.0 cm³/mol. The standard InChI is InChI=1S/C16H19NO4/c1-3-9-17(10-15(18)20-4-2)16(19)13-11-21-14-8-6-5-7-12(13)14/h5-8,11H,3-4,9-10H2,1-2H3. The number of esters is 1. The van der Waals surface area contributed by atoms with Crippen LogP contribution in [0.25, 0.3) is 11.0 Å². The fraction of sp³-hybridized carbons (Fsp3) is 0.375. The number of fused-ring (bicyclic) bond motifs is 1. The van der Waals surface area contributed by atoms with Crippen LogP contribution in [0.3, 0.4) is 0 Å². The number of hydrogen-bond acceptors (Lipinski definition) is 4. The number of amides is 1. The molecule has 0 N–H and O–H groups in total. The van der Waals surface area contributed by atoms with E-state index >= 15 is 0 Å². The Morgan fingerprint density at radius 2 is 2.00 bits per heavy atom. The van der Waals surface area contributed by atoms with Gasteiger partial charge in [-0.15, -0.1) is 0 Å². The Balaban J connectivity index is 2.23. The van der Waals surface area contributed by atoms with Crippen LogP contribution in [-0.2, 0) is 9.53 Å². The topological polar surface area (TPSA) is 59.8 Å². The first-order valence-corrected chi connectivity index (χ1v) is 7.08. The molecule has 0 unspecified atom stereocenters. The van der Waals surface area contributed by atoms with Gasteiger partial charge < -0.3 is 14.1 Å². The van der Waals surface area contributed by atoms with Crippen molar-refractivity contribution < 1.29 is 18.7 Å². The SMILES string of the molecule is CCCN(CC(=O)OCC)C(=O)c1coc2ccccc12. The number of hydrogen-bond donors (Lipinski definition) is 0.